The molecular formula is C17H20FNO3S. The summed E-state index contributed by atoms with van der Waals surface area (Å²) >= 11 is 0. The molecule has 23 heavy (non-hydrogen) atoms. The van der Waals surface area contributed by atoms with Crippen LogP contribution >= 0.6 is 0 Å². The first-order valence-corrected chi connectivity index (χ1v) is 8.60. The summed E-state index contributed by atoms with van der Waals surface area (Å²) in [4.78, 5) is 0.100. The first-order valence-electron chi connectivity index (χ1n) is 7.16. The van der Waals surface area contributed by atoms with Crippen LogP contribution in [0, 0.1) is 12.7 Å². The van der Waals surface area contributed by atoms with Crippen LogP contribution in [0.3, 0.4) is 0 Å². The van der Waals surface area contributed by atoms with Crippen LogP contribution in [0.5, 0.6) is 5.75 Å². The van der Waals surface area contributed by atoms with Gasteiger partial charge < -0.3 is 4.74 Å². The lowest BCUT2D eigenvalue weighted by molar-refractivity contribution is 0.367. The zero-order valence-corrected chi connectivity index (χ0v) is 14.4. The van der Waals surface area contributed by atoms with Crippen LogP contribution in [-0.2, 0) is 10.0 Å². The molecule has 124 valence electrons. The number of sulfonamides is 1. The van der Waals surface area contributed by atoms with Crippen molar-refractivity contribution in [3.8, 4) is 5.75 Å². The lowest BCUT2D eigenvalue weighted by Gasteiger charge is -2.26. The monoisotopic (exact) mass is 337 g/mol. The molecule has 0 aliphatic heterocycles. The SMILES string of the molecule is COc1ccccc1C(C)N(C)S(=O)(=O)c1ccc(F)cc1C. The van der Waals surface area contributed by atoms with Gasteiger partial charge in [0.2, 0.25) is 10.0 Å². The van der Waals surface area contributed by atoms with Crippen LogP contribution in [0.25, 0.3) is 0 Å². The Morgan fingerprint density at radius 1 is 1.17 bits per heavy atom. The van der Waals surface area contributed by atoms with Crippen LogP contribution in [0.4, 0.5) is 4.39 Å². The van der Waals surface area contributed by atoms with Crippen molar-refractivity contribution < 1.29 is 17.5 Å². The zero-order chi connectivity index (χ0) is 17.2. The van der Waals surface area contributed by atoms with Crippen LogP contribution in [0.15, 0.2) is 47.4 Å². The van der Waals surface area contributed by atoms with Crippen LogP contribution < -0.4 is 4.74 Å². The fourth-order valence-corrected chi connectivity index (χ4v) is 4.02. The molecule has 0 saturated heterocycles. The predicted molar refractivity (Wildman–Crippen MR) is 87.5 cm³/mol. The molecular weight excluding hydrogens is 317 g/mol. The van der Waals surface area contributed by atoms with Crippen molar-refractivity contribution in [1.82, 2.24) is 4.31 Å². The highest BCUT2D eigenvalue weighted by atomic mass is 32.2. The van der Waals surface area contributed by atoms with Gasteiger partial charge in [0.1, 0.15) is 11.6 Å². The molecule has 0 amide bonds. The highest BCUT2D eigenvalue weighted by Crippen LogP contribution is 2.32. The van der Waals surface area contributed by atoms with Crippen molar-refractivity contribution >= 4 is 10.0 Å². The standard InChI is InChI=1S/C17H20FNO3S/c1-12-11-14(18)9-10-17(12)23(20,21)19(3)13(2)15-7-5-6-8-16(15)22-4/h5-11,13H,1-4H3. The molecule has 0 saturated carbocycles. The summed E-state index contributed by atoms with van der Waals surface area (Å²) in [5.41, 5.74) is 1.14. The van der Waals surface area contributed by atoms with Gasteiger partial charge in [0, 0.05) is 12.6 Å². The minimum Gasteiger partial charge on any atom is -0.496 e. The third-order valence-electron chi connectivity index (χ3n) is 3.93. The predicted octanol–water partition coefficient (Wildman–Crippen LogP) is 3.52. The molecule has 0 N–H and O–H groups in total. The molecule has 0 heterocycles. The molecule has 0 spiro atoms. The Balaban J connectivity index is 2.43. The Hall–Kier alpha value is -1.92. The highest BCUT2D eigenvalue weighted by molar-refractivity contribution is 7.89. The van der Waals surface area contributed by atoms with E-state index in [1.807, 2.05) is 18.2 Å². The first kappa shape index (κ1) is 17.4. The van der Waals surface area contributed by atoms with Crippen molar-refractivity contribution in [2.24, 2.45) is 0 Å². The van der Waals surface area contributed by atoms with E-state index in [-0.39, 0.29) is 4.90 Å². The number of nitrogens with zero attached hydrogens (tertiary/aromatic N) is 1. The van der Waals surface area contributed by atoms with E-state index in [0.29, 0.717) is 11.3 Å². The largest absolute Gasteiger partial charge is 0.496 e. The van der Waals surface area contributed by atoms with E-state index >= 15 is 0 Å². The molecule has 6 heteroatoms. The van der Waals surface area contributed by atoms with Crippen LogP contribution in [0.2, 0.25) is 0 Å². The number of para-hydroxylation sites is 1. The van der Waals surface area contributed by atoms with Gasteiger partial charge in [-0.2, -0.15) is 4.31 Å². The Labute approximate surface area is 136 Å². The van der Waals surface area contributed by atoms with Gasteiger partial charge in [-0.15, -0.1) is 0 Å². The fourth-order valence-electron chi connectivity index (χ4n) is 2.47. The average Bonchev–Trinajstić information content (AvgIpc) is 2.53. The molecule has 0 aliphatic carbocycles. The molecule has 1 unspecified atom stereocenters. The topological polar surface area (TPSA) is 46.6 Å². The highest BCUT2D eigenvalue weighted by Gasteiger charge is 2.29. The summed E-state index contributed by atoms with van der Waals surface area (Å²) in [6.45, 7) is 3.37. The molecule has 0 fully saturated rings. The second-order valence-electron chi connectivity index (χ2n) is 5.35. The van der Waals surface area contributed by atoms with E-state index in [0.717, 1.165) is 11.6 Å². The average molecular weight is 337 g/mol. The van der Waals surface area contributed by atoms with Crippen molar-refractivity contribution in [3.05, 3.63) is 59.4 Å². The second kappa shape index (κ2) is 6.68. The summed E-state index contributed by atoms with van der Waals surface area (Å²) < 4.78 is 45.5. The van der Waals surface area contributed by atoms with Gasteiger partial charge in [-0.1, -0.05) is 18.2 Å². The smallest absolute Gasteiger partial charge is 0.243 e. The Morgan fingerprint density at radius 3 is 2.43 bits per heavy atom. The lowest BCUT2D eigenvalue weighted by atomic mass is 10.1. The van der Waals surface area contributed by atoms with Gasteiger partial charge in [-0.25, -0.2) is 12.8 Å². The van der Waals surface area contributed by atoms with Crippen LogP contribution in [0.1, 0.15) is 24.1 Å². The van der Waals surface area contributed by atoms with Gasteiger partial charge in [0.25, 0.3) is 0 Å². The Morgan fingerprint density at radius 2 is 1.83 bits per heavy atom. The molecule has 4 nitrogen and oxygen atoms in total. The molecule has 1 atom stereocenters. The van der Waals surface area contributed by atoms with E-state index < -0.39 is 21.9 Å². The maximum absolute atomic E-state index is 13.2. The van der Waals surface area contributed by atoms with Crippen molar-refractivity contribution in [3.63, 3.8) is 0 Å². The maximum atomic E-state index is 13.2. The molecule has 0 aromatic heterocycles. The molecule has 0 aliphatic rings. The van der Waals surface area contributed by atoms with Gasteiger partial charge in [0.15, 0.2) is 0 Å². The fraction of sp³-hybridized carbons (Fsp3) is 0.294. The van der Waals surface area contributed by atoms with Crippen molar-refractivity contribution in [1.29, 1.82) is 0 Å². The molecule has 2 aromatic carbocycles. The van der Waals surface area contributed by atoms with E-state index in [2.05, 4.69) is 0 Å². The normalized spacial score (nSPS) is 13.1. The number of hydrogen-bond acceptors (Lipinski definition) is 3. The first-order chi connectivity index (χ1) is 10.8. The summed E-state index contributed by atoms with van der Waals surface area (Å²) in [6.07, 6.45) is 0. The third-order valence-corrected chi connectivity index (χ3v) is 6.02. The Bertz CT molecular complexity index is 805. The van der Waals surface area contributed by atoms with Crippen molar-refractivity contribution in [2.75, 3.05) is 14.2 Å². The van der Waals surface area contributed by atoms with E-state index in [1.54, 1.807) is 27.0 Å². The Kier molecular flexibility index (Phi) is 5.06. The van der Waals surface area contributed by atoms with Gasteiger partial charge >= 0.3 is 0 Å². The number of aryl methyl sites for hydroxylation is 1. The van der Waals surface area contributed by atoms with E-state index in [4.69, 9.17) is 4.74 Å². The summed E-state index contributed by atoms with van der Waals surface area (Å²) in [6, 6.07) is 10.5. The number of rotatable bonds is 5. The summed E-state index contributed by atoms with van der Waals surface area (Å²) in [7, 11) is -0.693. The maximum Gasteiger partial charge on any atom is 0.243 e. The number of methoxy groups -OCH3 is 1. The number of halogens is 1. The van der Waals surface area contributed by atoms with Gasteiger partial charge in [-0.3, -0.25) is 0 Å². The number of ether oxygens (including phenoxy) is 1. The van der Waals surface area contributed by atoms with Crippen molar-refractivity contribution in [2.45, 2.75) is 24.8 Å². The van der Waals surface area contributed by atoms with Crippen LogP contribution in [-0.4, -0.2) is 26.9 Å². The minimum atomic E-state index is -3.75. The molecule has 2 aromatic rings. The summed E-state index contributed by atoms with van der Waals surface area (Å²) in [5, 5.41) is 0. The van der Waals surface area contributed by atoms with Gasteiger partial charge in [0.05, 0.1) is 18.0 Å². The summed E-state index contributed by atoms with van der Waals surface area (Å²) in [5.74, 6) is 0.166. The quantitative estimate of drug-likeness (QED) is 0.838. The van der Waals surface area contributed by atoms with Gasteiger partial charge in [-0.05, 0) is 43.7 Å². The third kappa shape index (κ3) is 3.38. The zero-order valence-electron chi connectivity index (χ0n) is 13.6. The van der Waals surface area contributed by atoms with E-state index in [9.17, 15) is 12.8 Å². The molecule has 0 radical (unpaired) electrons. The molecule has 0 bridgehead atoms. The lowest BCUT2D eigenvalue weighted by Crippen LogP contribution is -2.30. The minimum absolute atomic E-state index is 0.100. The van der Waals surface area contributed by atoms with E-state index in [1.165, 1.54) is 23.5 Å². The number of hydrogen-bond donors (Lipinski definition) is 0. The molecule has 2 rings (SSSR count). The second-order valence-corrected chi connectivity index (χ2v) is 7.31. The number of benzene rings is 2.